The summed E-state index contributed by atoms with van der Waals surface area (Å²) in [7, 11) is 2.83. The zero-order valence-electron chi connectivity index (χ0n) is 23.7. The smallest absolute Gasteiger partial charge is 0.338 e. The van der Waals surface area contributed by atoms with Crippen molar-refractivity contribution in [3.05, 3.63) is 138 Å². The standard InChI is InChI=1S/C34H27ClN2O5S/c1-20-30(33(39)41-3)31(27-18-24(35)14-15-28(27)40-2)37-32(38)29(43-34(37)36-20)17-21-8-6-12-25(16-21)42-19-23-11-7-10-22-9-4-5-13-26(22)23/h4-18,31H,19H2,1-3H3/b29-17-/t31-/m0/s1. The van der Waals surface area contributed by atoms with Crippen LogP contribution in [0.5, 0.6) is 11.5 Å². The van der Waals surface area contributed by atoms with Gasteiger partial charge in [-0.3, -0.25) is 9.36 Å². The van der Waals surface area contributed by atoms with Gasteiger partial charge < -0.3 is 14.2 Å². The van der Waals surface area contributed by atoms with Gasteiger partial charge in [0.1, 0.15) is 24.1 Å². The minimum absolute atomic E-state index is 0.242. The molecule has 0 bridgehead atoms. The van der Waals surface area contributed by atoms with E-state index in [2.05, 4.69) is 29.3 Å². The Morgan fingerprint density at radius 2 is 1.81 bits per heavy atom. The van der Waals surface area contributed by atoms with Gasteiger partial charge >= 0.3 is 5.97 Å². The summed E-state index contributed by atoms with van der Waals surface area (Å²) in [4.78, 5) is 32.0. The Labute approximate surface area is 256 Å². The molecule has 1 aliphatic heterocycles. The first-order valence-corrected chi connectivity index (χ1v) is 14.7. The van der Waals surface area contributed by atoms with Crippen molar-refractivity contribution in [2.24, 2.45) is 4.99 Å². The highest BCUT2D eigenvalue weighted by Gasteiger charge is 2.35. The Morgan fingerprint density at radius 3 is 2.63 bits per heavy atom. The molecular formula is C34H27ClN2O5S. The maximum atomic E-state index is 14.0. The van der Waals surface area contributed by atoms with Crippen molar-refractivity contribution in [3.8, 4) is 11.5 Å². The van der Waals surface area contributed by atoms with E-state index in [1.165, 1.54) is 30.1 Å². The number of carbonyl (C=O) groups excluding carboxylic acids is 1. The van der Waals surface area contributed by atoms with Crippen LogP contribution in [0.15, 0.2) is 106 Å². The van der Waals surface area contributed by atoms with Crippen LogP contribution in [0.25, 0.3) is 16.8 Å². The first kappa shape index (κ1) is 28.5. The number of esters is 1. The molecule has 4 aromatic carbocycles. The third-order valence-electron chi connectivity index (χ3n) is 7.34. The second kappa shape index (κ2) is 11.9. The summed E-state index contributed by atoms with van der Waals surface area (Å²) in [6, 6.07) is 26.2. The number of halogens is 1. The number of thiazole rings is 1. The average Bonchev–Trinajstić information content (AvgIpc) is 3.32. The summed E-state index contributed by atoms with van der Waals surface area (Å²) in [5, 5.41) is 2.75. The van der Waals surface area contributed by atoms with Crippen molar-refractivity contribution in [3.63, 3.8) is 0 Å². The summed E-state index contributed by atoms with van der Waals surface area (Å²) < 4.78 is 18.8. The predicted molar refractivity (Wildman–Crippen MR) is 169 cm³/mol. The Kier molecular flexibility index (Phi) is 7.88. The van der Waals surface area contributed by atoms with Gasteiger partial charge in [0.2, 0.25) is 0 Å². The molecule has 0 spiro atoms. The molecule has 0 saturated heterocycles. The van der Waals surface area contributed by atoms with E-state index in [1.54, 1.807) is 31.2 Å². The van der Waals surface area contributed by atoms with Crippen LogP contribution in [0.1, 0.15) is 29.7 Å². The molecule has 43 heavy (non-hydrogen) atoms. The highest BCUT2D eigenvalue weighted by molar-refractivity contribution is 7.07. The van der Waals surface area contributed by atoms with E-state index in [4.69, 9.17) is 25.8 Å². The Balaban J connectivity index is 1.40. The minimum atomic E-state index is -0.838. The quantitative estimate of drug-likeness (QED) is 0.218. The van der Waals surface area contributed by atoms with Crippen LogP contribution < -0.4 is 24.4 Å². The van der Waals surface area contributed by atoms with Crippen molar-refractivity contribution in [2.75, 3.05) is 14.2 Å². The number of methoxy groups -OCH3 is 2. The van der Waals surface area contributed by atoms with E-state index < -0.39 is 12.0 Å². The van der Waals surface area contributed by atoms with Gasteiger partial charge in [-0.1, -0.05) is 77.5 Å². The number of carbonyl (C=O) groups is 1. The van der Waals surface area contributed by atoms with E-state index in [0.717, 1.165) is 21.9 Å². The molecule has 9 heteroatoms. The third-order valence-corrected chi connectivity index (χ3v) is 8.56. The van der Waals surface area contributed by atoms with Gasteiger partial charge in [-0.25, -0.2) is 9.79 Å². The largest absolute Gasteiger partial charge is 0.496 e. The van der Waals surface area contributed by atoms with Crippen LogP contribution in [0.4, 0.5) is 0 Å². The number of benzene rings is 4. The van der Waals surface area contributed by atoms with Crippen LogP contribution in [0.3, 0.4) is 0 Å². The lowest BCUT2D eigenvalue weighted by Gasteiger charge is -2.25. The molecule has 6 rings (SSSR count). The SMILES string of the molecule is COC(=O)C1=C(C)N=c2s/c(=C\c3cccc(OCc4cccc5ccccc45)c3)c(=O)n2[C@H]1c1cc(Cl)ccc1OC. The van der Waals surface area contributed by atoms with Crippen LogP contribution in [0.2, 0.25) is 5.02 Å². The topological polar surface area (TPSA) is 79.1 Å². The number of nitrogens with zero attached hydrogens (tertiary/aromatic N) is 2. The lowest BCUT2D eigenvalue weighted by molar-refractivity contribution is -0.136. The van der Waals surface area contributed by atoms with Gasteiger partial charge in [0, 0.05) is 10.6 Å². The molecule has 0 radical (unpaired) electrons. The second-order valence-corrected chi connectivity index (χ2v) is 11.4. The maximum Gasteiger partial charge on any atom is 0.338 e. The van der Waals surface area contributed by atoms with Crippen LogP contribution in [0, 0.1) is 0 Å². The average molecular weight is 611 g/mol. The third kappa shape index (κ3) is 5.47. The lowest BCUT2D eigenvalue weighted by Crippen LogP contribution is -2.40. The van der Waals surface area contributed by atoms with Gasteiger partial charge in [0.05, 0.1) is 30.0 Å². The lowest BCUT2D eigenvalue weighted by atomic mass is 9.95. The van der Waals surface area contributed by atoms with Gasteiger partial charge in [-0.15, -0.1) is 0 Å². The fraction of sp³-hybridized carbons (Fsp3) is 0.147. The van der Waals surface area contributed by atoms with Gasteiger partial charge in [0.15, 0.2) is 4.80 Å². The van der Waals surface area contributed by atoms with Crippen molar-refractivity contribution >= 4 is 45.8 Å². The number of hydrogen-bond donors (Lipinski definition) is 0. The molecule has 0 saturated carbocycles. The molecule has 0 fully saturated rings. The number of rotatable bonds is 7. The molecule has 0 unspecified atom stereocenters. The fourth-order valence-corrected chi connectivity index (χ4v) is 6.56. The highest BCUT2D eigenvalue weighted by atomic mass is 35.5. The van der Waals surface area contributed by atoms with Crippen molar-refractivity contribution < 1.29 is 19.0 Å². The number of ether oxygens (including phenoxy) is 3. The normalized spacial score (nSPS) is 14.8. The Morgan fingerprint density at radius 1 is 1.02 bits per heavy atom. The number of hydrogen-bond acceptors (Lipinski definition) is 7. The zero-order valence-corrected chi connectivity index (χ0v) is 25.2. The van der Waals surface area contributed by atoms with Crippen molar-refractivity contribution in [2.45, 2.75) is 19.6 Å². The predicted octanol–water partition coefficient (Wildman–Crippen LogP) is 5.80. The number of fused-ring (bicyclic) bond motifs is 2. The molecular weight excluding hydrogens is 584 g/mol. The summed E-state index contributed by atoms with van der Waals surface area (Å²) in [5.74, 6) is 0.578. The summed E-state index contributed by atoms with van der Waals surface area (Å²) in [6.07, 6.45) is 1.80. The number of aromatic nitrogens is 1. The molecule has 0 N–H and O–H groups in total. The molecule has 216 valence electrons. The first-order chi connectivity index (χ1) is 20.9. The Hall–Kier alpha value is -4.66. The van der Waals surface area contributed by atoms with Crippen LogP contribution in [-0.4, -0.2) is 24.8 Å². The van der Waals surface area contributed by atoms with Gasteiger partial charge in [0.25, 0.3) is 5.56 Å². The Bertz CT molecular complexity index is 2090. The maximum absolute atomic E-state index is 14.0. The fourth-order valence-electron chi connectivity index (χ4n) is 5.33. The molecule has 0 aliphatic carbocycles. The first-order valence-electron chi connectivity index (χ1n) is 13.5. The van der Waals surface area contributed by atoms with Gasteiger partial charge in [-0.05, 0) is 65.2 Å². The van der Waals surface area contributed by atoms with Crippen molar-refractivity contribution in [1.29, 1.82) is 0 Å². The van der Waals surface area contributed by atoms with E-state index >= 15 is 0 Å². The van der Waals surface area contributed by atoms with Crippen LogP contribution in [-0.2, 0) is 16.1 Å². The minimum Gasteiger partial charge on any atom is -0.496 e. The van der Waals surface area contributed by atoms with Crippen molar-refractivity contribution in [1.82, 2.24) is 4.57 Å². The van der Waals surface area contributed by atoms with E-state index in [1.807, 2.05) is 42.5 Å². The molecule has 0 amide bonds. The molecule has 1 aromatic heterocycles. The van der Waals surface area contributed by atoms with E-state index in [9.17, 15) is 9.59 Å². The van der Waals surface area contributed by atoms with Gasteiger partial charge in [-0.2, -0.15) is 0 Å². The molecule has 5 aromatic rings. The monoisotopic (exact) mass is 610 g/mol. The van der Waals surface area contributed by atoms with E-state index in [-0.39, 0.29) is 11.1 Å². The molecule has 1 aliphatic rings. The second-order valence-electron chi connectivity index (χ2n) is 9.96. The van der Waals surface area contributed by atoms with E-state index in [0.29, 0.717) is 43.7 Å². The van der Waals surface area contributed by atoms with Crippen LogP contribution >= 0.6 is 22.9 Å². The zero-order chi connectivity index (χ0) is 30.1. The highest BCUT2D eigenvalue weighted by Crippen LogP contribution is 2.37. The molecule has 1 atom stereocenters. The summed E-state index contributed by atoms with van der Waals surface area (Å²) in [5.41, 5.74) is 2.83. The molecule has 7 nitrogen and oxygen atoms in total. The summed E-state index contributed by atoms with van der Waals surface area (Å²) in [6.45, 7) is 2.13. The number of allylic oxidation sites excluding steroid dienone is 1. The summed E-state index contributed by atoms with van der Waals surface area (Å²) >= 11 is 7.61. The molecule has 2 heterocycles.